The van der Waals surface area contributed by atoms with E-state index in [1.807, 2.05) is 12.1 Å². The topological polar surface area (TPSA) is 62.0 Å². The molecule has 6 heteroatoms. The van der Waals surface area contributed by atoms with Crippen LogP contribution in [0.4, 0.5) is 0 Å². The molecule has 2 aliphatic heterocycles. The Morgan fingerprint density at radius 2 is 2.33 bits per heavy atom. The van der Waals surface area contributed by atoms with E-state index in [-0.39, 0.29) is 6.10 Å². The second-order valence-electron chi connectivity index (χ2n) is 6.58. The molecule has 2 N–H and O–H groups in total. The Hall–Kier alpha value is -1.53. The first-order valence-electron chi connectivity index (χ1n) is 9.25. The summed E-state index contributed by atoms with van der Waals surface area (Å²) in [5.74, 6) is 1.85. The van der Waals surface area contributed by atoms with Crippen LogP contribution in [0.1, 0.15) is 31.9 Å². The molecule has 0 radical (unpaired) electrons. The average molecular weight is 334 g/mol. The molecule has 0 spiro atoms. The quantitative estimate of drug-likeness (QED) is 0.612. The summed E-state index contributed by atoms with van der Waals surface area (Å²) in [5, 5.41) is 6.66. The summed E-state index contributed by atoms with van der Waals surface area (Å²) in [7, 11) is 0. The molecular weight excluding hydrogens is 304 g/mol. The highest BCUT2D eigenvalue weighted by Crippen LogP contribution is 2.22. The number of nitrogens with zero attached hydrogens (tertiary/aromatic N) is 2. The van der Waals surface area contributed by atoms with Crippen LogP contribution in [0, 0.1) is 0 Å². The molecule has 2 saturated heterocycles. The van der Waals surface area contributed by atoms with Crippen LogP contribution in [0.5, 0.6) is 0 Å². The van der Waals surface area contributed by atoms with E-state index in [1.54, 1.807) is 6.26 Å². The Bertz CT molecular complexity index is 503. The number of furan rings is 1. The van der Waals surface area contributed by atoms with Crippen molar-refractivity contribution >= 4 is 5.96 Å². The van der Waals surface area contributed by atoms with Gasteiger partial charge in [-0.25, -0.2) is 0 Å². The maximum absolute atomic E-state index is 6.02. The highest BCUT2D eigenvalue weighted by atomic mass is 16.5. The van der Waals surface area contributed by atoms with Gasteiger partial charge in [0.15, 0.2) is 5.96 Å². The van der Waals surface area contributed by atoms with Crippen molar-refractivity contribution in [1.82, 2.24) is 15.5 Å². The zero-order valence-electron chi connectivity index (χ0n) is 14.7. The lowest BCUT2D eigenvalue weighted by Gasteiger charge is -2.42. The largest absolute Gasteiger partial charge is 0.469 e. The molecule has 0 bridgehead atoms. The summed E-state index contributed by atoms with van der Waals surface area (Å²) >= 11 is 0. The monoisotopic (exact) mass is 334 g/mol. The minimum Gasteiger partial charge on any atom is -0.469 e. The summed E-state index contributed by atoms with van der Waals surface area (Å²) in [6.07, 6.45) is 6.73. The molecule has 1 aromatic heterocycles. The molecule has 0 aromatic carbocycles. The molecular formula is C18H30N4O2. The molecule has 24 heavy (non-hydrogen) atoms. The fourth-order valence-corrected chi connectivity index (χ4v) is 3.45. The van der Waals surface area contributed by atoms with Gasteiger partial charge in [0, 0.05) is 32.1 Å². The van der Waals surface area contributed by atoms with Crippen LogP contribution < -0.4 is 10.6 Å². The Labute approximate surface area is 144 Å². The number of guanidine groups is 1. The van der Waals surface area contributed by atoms with Crippen LogP contribution in [-0.2, 0) is 11.2 Å². The first-order chi connectivity index (χ1) is 11.8. The van der Waals surface area contributed by atoms with Crippen LogP contribution in [0.25, 0.3) is 0 Å². The number of aliphatic imine (C=N–C) groups is 1. The lowest BCUT2D eigenvalue weighted by Crippen LogP contribution is -2.52. The predicted octanol–water partition coefficient (Wildman–Crippen LogP) is 1.63. The zero-order chi connectivity index (χ0) is 16.6. The second-order valence-corrected chi connectivity index (χ2v) is 6.58. The highest BCUT2D eigenvalue weighted by Gasteiger charge is 2.30. The zero-order valence-corrected chi connectivity index (χ0v) is 14.7. The summed E-state index contributed by atoms with van der Waals surface area (Å²) in [6, 6.07) is 4.55. The van der Waals surface area contributed by atoms with Gasteiger partial charge < -0.3 is 19.8 Å². The molecule has 2 aliphatic rings. The molecule has 0 saturated carbocycles. The molecule has 3 rings (SSSR count). The minimum atomic E-state index is 0.208. The second kappa shape index (κ2) is 9.08. The number of piperidine rings is 1. The SMILES string of the molecule is CCNC(=NC[C@@H]1CN2CCCC[C@H]2CO1)NCCc1ccco1. The van der Waals surface area contributed by atoms with E-state index in [1.165, 1.54) is 25.8 Å². The van der Waals surface area contributed by atoms with Gasteiger partial charge >= 0.3 is 0 Å². The van der Waals surface area contributed by atoms with E-state index in [0.29, 0.717) is 12.6 Å². The van der Waals surface area contributed by atoms with E-state index in [0.717, 1.165) is 44.4 Å². The Balaban J connectivity index is 1.44. The number of hydrogen-bond donors (Lipinski definition) is 2. The van der Waals surface area contributed by atoms with Crippen molar-refractivity contribution < 1.29 is 9.15 Å². The maximum Gasteiger partial charge on any atom is 0.191 e. The number of hydrogen-bond acceptors (Lipinski definition) is 4. The van der Waals surface area contributed by atoms with Crippen molar-refractivity contribution in [3.05, 3.63) is 24.2 Å². The van der Waals surface area contributed by atoms with E-state index < -0.39 is 0 Å². The van der Waals surface area contributed by atoms with Crippen LogP contribution in [0.15, 0.2) is 27.8 Å². The summed E-state index contributed by atoms with van der Waals surface area (Å²) in [6.45, 7) is 7.54. The minimum absolute atomic E-state index is 0.208. The lowest BCUT2D eigenvalue weighted by molar-refractivity contribution is -0.0702. The number of ether oxygens (including phenoxy) is 1. The number of fused-ring (bicyclic) bond motifs is 1. The number of rotatable bonds is 6. The Kier molecular flexibility index (Phi) is 6.55. The predicted molar refractivity (Wildman–Crippen MR) is 95.3 cm³/mol. The molecule has 0 unspecified atom stereocenters. The van der Waals surface area contributed by atoms with E-state index in [9.17, 15) is 0 Å². The standard InChI is InChI=1S/C18H30N4O2/c1-2-19-18(20-9-8-16-7-5-11-23-16)21-12-17-13-22-10-4-3-6-15(22)14-24-17/h5,7,11,15,17H,2-4,6,8-10,12-14H2,1H3,(H2,19,20,21)/t15-,17+/m0/s1. The van der Waals surface area contributed by atoms with Crippen molar-refractivity contribution in [2.24, 2.45) is 4.99 Å². The fraction of sp³-hybridized carbons (Fsp3) is 0.722. The van der Waals surface area contributed by atoms with Gasteiger partial charge in [-0.05, 0) is 38.4 Å². The molecule has 2 fully saturated rings. The van der Waals surface area contributed by atoms with Gasteiger partial charge in [-0.15, -0.1) is 0 Å². The van der Waals surface area contributed by atoms with Crippen molar-refractivity contribution in [3.63, 3.8) is 0 Å². The van der Waals surface area contributed by atoms with Gasteiger partial charge in [0.2, 0.25) is 0 Å². The maximum atomic E-state index is 6.02. The van der Waals surface area contributed by atoms with Gasteiger partial charge in [-0.1, -0.05) is 6.42 Å². The van der Waals surface area contributed by atoms with Crippen LogP contribution >= 0.6 is 0 Å². The third kappa shape index (κ3) is 4.98. The van der Waals surface area contributed by atoms with Crippen molar-refractivity contribution in [1.29, 1.82) is 0 Å². The van der Waals surface area contributed by atoms with Crippen LogP contribution in [-0.4, -0.2) is 62.3 Å². The third-order valence-electron chi connectivity index (χ3n) is 4.75. The highest BCUT2D eigenvalue weighted by molar-refractivity contribution is 5.79. The molecule has 1 aromatic rings. The van der Waals surface area contributed by atoms with Gasteiger partial charge in [0.25, 0.3) is 0 Å². The molecule has 134 valence electrons. The van der Waals surface area contributed by atoms with Crippen molar-refractivity contribution in [2.75, 3.05) is 39.3 Å². The Morgan fingerprint density at radius 1 is 1.38 bits per heavy atom. The first-order valence-corrected chi connectivity index (χ1v) is 9.25. The first kappa shape index (κ1) is 17.3. The third-order valence-corrected chi connectivity index (χ3v) is 4.75. The summed E-state index contributed by atoms with van der Waals surface area (Å²) in [4.78, 5) is 7.29. The van der Waals surface area contributed by atoms with Crippen molar-refractivity contribution in [3.8, 4) is 0 Å². The molecule has 0 amide bonds. The smallest absolute Gasteiger partial charge is 0.191 e. The lowest BCUT2D eigenvalue weighted by atomic mass is 10.0. The molecule has 2 atom stereocenters. The average Bonchev–Trinajstić information content (AvgIpc) is 3.13. The van der Waals surface area contributed by atoms with E-state index in [2.05, 4.69) is 22.5 Å². The summed E-state index contributed by atoms with van der Waals surface area (Å²) in [5.41, 5.74) is 0. The van der Waals surface area contributed by atoms with Crippen LogP contribution in [0.2, 0.25) is 0 Å². The molecule has 6 nitrogen and oxygen atoms in total. The molecule has 0 aliphatic carbocycles. The van der Waals surface area contributed by atoms with E-state index in [4.69, 9.17) is 14.1 Å². The van der Waals surface area contributed by atoms with E-state index >= 15 is 0 Å². The van der Waals surface area contributed by atoms with Gasteiger partial charge in [0.05, 0.1) is 25.5 Å². The van der Waals surface area contributed by atoms with Gasteiger partial charge in [-0.3, -0.25) is 9.89 Å². The normalized spacial score (nSPS) is 25.3. The van der Waals surface area contributed by atoms with Gasteiger partial charge in [0.1, 0.15) is 5.76 Å². The number of morpholine rings is 1. The summed E-state index contributed by atoms with van der Waals surface area (Å²) < 4.78 is 11.4. The van der Waals surface area contributed by atoms with Crippen molar-refractivity contribution in [2.45, 2.75) is 44.8 Å². The van der Waals surface area contributed by atoms with Gasteiger partial charge in [-0.2, -0.15) is 0 Å². The Morgan fingerprint density at radius 3 is 3.17 bits per heavy atom. The fourth-order valence-electron chi connectivity index (χ4n) is 3.45. The number of nitrogens with one attached hydrogen (secondary N) is 2. The van der Waals surface area contributed by atoms with Crippen LogP contribution in [0.3, 0.4) is 0 Å². The molecule has 3 heterocycles.